The Bertz CT molecular complexity index is 574. The molecule has 0 saturated heterocycles. The summed E-state index contributed by atoms with van der Waals surface area (Å²) >= 11 is 0. The van der Waals surface area contributed by atoms with Gasteiger partial charge >= 0.3 is 6.55 Å². The lowest BCUT2D eigenvalue weighted by atomic mass is 10.3. The molecule has 5 nitrogen and oxygen atoms in total. The molecule has 0 fully saturated rings. The molecule has 0 spiro atoms. The molecule has 0 saturated carbocycles. The Morgan fingerprint density at radius 3 is 2.57 bits per heavy atom. The maximum atomic E-state index is 13.3. The van der Waals surface area contributed by atoms with Gasteiger partial charge in [0.15, 0.2) is 0 Å². The molecule has 0 aliphatic carbocycles. The van der Waals surface area contributed by atoms with Gasteiger partial charge < -0.3 is 10.2 Å². The molecule has 0 aliphatic rings. The molecule has 1 heterocycles. The van der Waals surface area contributed by atoms with Gasteiger partial charge in [-0.2, -0.15) is 8.78 Å². The van der Waals surface area contributed by atoms with E-state index in [0.717, 1.165) is 4.57 Å². The standard InChI is InChI=1S/C14H19F2N3O2/c15-14(16)19-12-5-2-1-4-11(12)17-13(19)10-18(7-9-21)6-3-8-20/h1-2,4-5,14,20-21H,3,6-10H2. The van der Waals surface area contributed by atoms with Crippen LogP contribution in [0.4, 0.5) is 8.78 Å². The van der Waals surface area contributed by atoms with Crippen LogP contribution in [0.25, 0.3) is 11.0 Å². The van der Waals surface area contributed by atoms with Crippen LogP contribution in [-0.2, 0) is 6.54 Å². The van der Waals surface area contributed by atoms with Gasteiger partial charge in [0.25, 0.3) is 0 Å². The quantitative estimate of drug-likeness (QED) is 0.777. The first kappa shape index (κ1) is 15.8. The number of halogens is 2. The summed E-state index contributed by atoms with van der Waals surface area (Å²) in [5, 5.41) is 17.9. The predicted octanol–water partition coefficient (Wildman–Crippen LogP) is 1.61. The lowest BCUT2D eigenvalue weighted by Crippen LogP contribution is -2.29. The Balaban J connectivity index is 2.28. The molecule has 1 aromatic heterocycles. The number of imidazole rings is 1. The van der Waals surface area contributed by atoms with E-state index in [1.807, 2.05) is 0 Å². The number of rotatable bonds is 8. The van der Waals surface area contributed by atoms with Gasteiger partial charge in [-0.25, -0.2) is 4.98 Å². The molecule has 0 amide bonds. The van der Waals surface area contributed by atoms with Crippen LogP contribution in [0.15, 0.2) is 24.3 Å². The van der Waals surface area contributed by atoms with Crippen LogP contribution < -0.4 is 0 Å². The van der Waals surface area contributed by atoms with E-state index in [1.54, 1.807) is 29.2 Å². The normalized spacial score (nSPS) is 11.9. The van der Waals surface area contributed by atoms with E-state index in [2.05, 4.69) is 4.98 Å². The maximum absolute atomic E-state index is 13.3. The summed E-state index contributed by atoms with van der Waals surface area (Å²) in [6.45, 7) is -1.63. The third-order valence-corrected chi connectivity index (χ3v) is 3.28. The number of para-hydroxylation sites is 2. The van der Waals surface area contributed by atoms with Gasteiger partial charge in [-0.15, -0.1) is 0 Å². The molecule has 2 N–H and O–H groups in total. The van der Waals surface area contributed by atoms with E-state index in [9.17, 15) is 8.78 Å². The Morgan fingerprint density at radius 2 is 1.90 bits per heavy atom. The number of aliphatic hydroxyl groups is 2. The smallest absolute Gasteiger partial charge is 0.320 e. The molecule has 0 atom stereocenters. The van der Waals surface area contributed by atoms with E-state index in [4.69, 9.17) is 10.2 Å². The Hall–Kier alpha value is -1.57. The molecule has 21 heavy (non-hydrogen) atoms. The highest BCUT2D eigenvalue weighted by molar-refractivity contribution is 5.75. The van der Waals surface area contributed by atoms with E-state index >= 15 is 0 Å². The minimum atomic E-state index is -2.67. The van der Waals surface area contributed by atoms with Gasteiger partial charge in [-0.3, -0.25) is 9.47 Å². The molecular weight excluding hydrogens is 280 g/mol. The van der Waals surface area contributed by atoms with Crippen LogP contribution >= 0.6 is 0 Å². The van der Waals surface area contributed by atoms with Crippen LogP contribution in [0.3, 0.4) is 0 Å². The van der Waals surface area contributed by atoms with Gasteiger partial charge in [0, 0.05) is 19.7 Å². The van der Waals surface area contributed by atoms with E-state index < -0.39 is 6.55 Å². The monoisotopic (exact) mass is 299 g/mol. The van der Waals surface area contributed by atoms with Crippen LogP contribution in [0, 0.1) is 0 Å². The summed E-state index contributed by atoms with van der Waals surface area (Å²) in [4.78, 5) is 6.06. The lowest BCUT2D eigenvalue weighted by Gasteiger charge is -2.21. The number of hydrogen-bond acceptors (Lipinski definition) is 4. The van der Waals surface area contributed by atoms with E-state index in [-0.39, 0.29) is 25.6 Å². The number of alkyl halides is 2. The molecule has 0 unspecified atom stereocenters. The first-order chi connectivity index (χ1) is 10.2. The van der Waals surface area contributed by atoms with Gasteiger partial charge in [-0.1, -0.05) is 12.1 Å². The first-order valence-electron chi connectivity index (χ1n) is 6.85. The molecular formula is C14H19F2N3O2. The topological polar surface area (TPSA) is 61.5 Å². The van der Waals surface area contributed by atoms with Crippen LogP contribution in [0.1, 0.15) is 18.8 Å². The second-order valence-corrected chi connectivity index (χ2v) is 4.74. The molecule has 1 aromatic carbocycles. The summed E-state index contributed by atoms with van der Waals surface area (Å²) < 4.78 is 27.5. The average Bonchev–Trinajstić information content (AvgIpc) is 2.82. The summed E-state index contributed by atoms with van der Waals surface area (Å²) in [5.41, 5.74) is 0.924. The highest BCUT2D eigenvalue weighted by Crippen LogP contribution is 2.23. The zero-order chi connectivity index (χ0) is 15.2. The SMILES string of the molecule is OCCCN(CCO)Cc1nc2ccccc2n1C(F)F. The Morgan fingerprint density at radius 1 is 1.14 bits per heavy atom. The predicted molar refractivity (Wildman–Crippen MR) is 75.1 cm³/mol. The largest absolute Gasteiger partial charge is 0.396 e. The van der Waals surface area contributed by atoms with Crippen molar-refractivity contribution in [1.82, 2.24) is 14.5 Å². The van der Waals surface area contributed by atoms with Gasteiger partial charge in [0.1, 0.15) is 5.82 Å². The maximum Gasteiger partial charge on any atom is 0.320 e. The van der Waals surface area contributed by atoms with Crippen molar-refractivity contribution >= 4 is 11.0 Å². The molecule has 2 rings (SSSR count). The number of aromatic nitrogens is 2. The zero-order valence-electron chi connectivity index (χ0n) is 11.6. The van der Waals surface area contributed by atoms with Gasteiger partial charge in [0.2, 0.25) is 0 Å². The molecule has 0 radical (unpaired) electrons. The molecule has 0 aliphatic heterocycles. The summed E-state index contributed by atoms with van der Waals surface area (Å²) in [6.07, 6.45) is 0.523. The van der Waals surface area contributed by atoms with E-state index in [1.165, 1.54) is 0 Å². The van der Waals surface area contributed by atoms with Crippen molar-refractivity contribution in [1.29, 1.82) is 0 Å². The fourth-order valence-electron chi connectivity index (χ4n) is 2.33. The van der Waals surface area contributed by atoms with Crippen LogP contribution in [0.2, 0.25) is 0 Å². The van der Waals surface area contributed by atoms with Crippen LogP contribution in [0.5, 0.6) is 0 Å². The van der Waals surface area contributed by atoms with Crippen molar-refractivity contribution in [3.63, 3.8) is 0 Å². The number of benzene rings is 1. The fraction of sp³-hybridized carbons (Fsp3) is 0.500. The van der Waals surface area contributed by atoms with Crippen molar-refractivity contribution in [3.8, 4) is 0 Å². The molecule has 7 heteroatoms. The minimum Gasteiger partial charge on any atom is -0.396 e. The lowest BCUT2D eigenvalue weighted by molar-refractivity contribution is 0.0673. The van der Waals surface area contributed by atoms with Crippen molar-refractivity contribution in [2.75, 3.05) is 26.3 Å². The van der Waals surface area contributed by atoms with Crippen molar-refractivity contribution in [2.45, 2.75) is 19.5 Å². The number of hydrogen-bond donors (Lipinski definition) is 2. The Labute approximate surface area is 121 Å². The molecule has 116 valence electrons. The highest BCUT2D eigenvalue weighted by Gasteiger charge is 2.19. The molecule has 2 aromatic rings. The van der Waals surface area contributed by atoms with Crippen molar-refractivity contribution < 1.29 is 19.0 Å². The number of nitrogens with zero attached hydrogens (tertiary/aromatic N) is 3. The minimum absolute atomic E-state index is 0.0210. The van der Waals surface area contributed by atoms with Crippen molar-refractivity contribution in [2.24, 2.45) is 0 Å². The third kappa shape index (κ3) is 3.75. The average molecular weight is 299 g/mol. The second kappa shape index (κ2) is 7.44. The number of aliphatic hydroxyl groups excluding tert-OH is 2. The third-order valence-electron chi connectivity index (χ3n) is 3.28. The number of fused-ring (bicyclic) bond motifs is 1. The first-order valence-corrected chi connectivity index (χ1v) is 6.85. The zero-order valence-corrected chi connectivity index (χ0v) is 11.6. The van der Waals surface area contributed by atoms with Crippen molar-refractivity contribution in [3.05, 3.63) is 30.1 Å². The summed E-state index contributed by atoms with van der Waals surface area (Å²) in [5.74, 6) is 0.262. The molecule has 0 bridgehead atoms. The Kier molecular flexibility index (Phi) is 5.60. The van der Waals surface area contributed by atoms with Gasteiger partial charge in [-0.05, 0) is 18.6 Å². The highest BCUT2D eigenvalue weighted by atomic mass is 19.3. The summed E-state index contributed by atoms with van der Waals surface area (Å²) in [6, 6.07) is 6.76. The summed E-state index contributed by atoms with van der Waals surface area (Å²) in [7, 11) is 0. The van der Waals surface area contributed by atoms with E-state index in [0.29, 0.717) is 30.5 Å². The fourth-order valence-corrected chi connectivity index (χ4v) is 2.33. The second-order valence-electron chi connectivity index (χ2n) is 4.74. The van der Waals surface area contributed by atoms with Gasteiger partial charge in [0.05, 0.1) is 24.2 Å². The van der Waals surface area contributed by atoms with Crippen LogP contribution in [-0.4, -0.2) is 51.0 Å².